The summed E-state index contributed by atoms with van der Waals surface area (Å²) in [7, 11) is -3.93. The van der Waals surface area contributed by atoms with Crippen LogP contribution in [-0.2, 0) is 21.2 Å². The molecule has 1 atom stereocenters. The second-order valence-corrected chi connectivity index (χ2v) is 12.7. The third kappa shape index (κ3) is 7.03. The lowest BCUT2D eigenvalue weighted by Gasteiger charge is -2.41. The molecule has 1 aliphatic rings. The van der Waals surface area contributed by atoms with E-state index < -0.39 is 27.8 Å². The summed E-state index contributed by atoms with van der Waals surface area (Å²) in [6.07, 6.45) is 3.96. The average Bonchev–Trinajstić information content (AvgIpc) is 2.94. The van der Waals surface area contributed by atoms with Gasteiger partial charge in [-0.05, 0) is 86.2 Å². The number of nitrogens with zero attached hydrogens (tertiary/aromatic N) is 3. The van der Waals surface area contributed by atoms with Gasteiger partial charge in [0.05, 0.1) is 10.9 Å². The molecule has 1 saturated heterocycles. The molecule has 40 heavy (non-hydrogen) atoms. The molecule has 9 heteroatoms. The zero-order valence-corrected chi connectivity index (χ0v) is 26.0. The van der Waals surface area contributed by atoms with Crippen molar-refractivity contribution in [2.75, 3.05) is 19.6 Å². The van der Waals surface area contributed by atoms with Crippen molar-refractivity contribution in [3.05, 3.63) is 82.6 Å². The number of carbonyl (C=O) groups excluding carboxylic acids is 1. The zero-order valence-electron chi connectivity index (χ0n) is 24.4. The van der Waals surface area contributed by atoms with Crippen LogP contribution < -0.4 is 0 Å². The Morgan fingerprint density at radius 3 is 2.48 bits per heavy atom. The van der Waals surface area contributed by atoms with Crippen LogP contribution in [0.4, 0.5) is 4.79 Å². The highest BCUT2D eigenvalue weighted by Gasteiger charge is 2.40. The van der Waals surface area contributed by atoms with Crippen molar-refractivity contribution in [1.29, 1.82) is 0 Å². The van der Waals surface area contributed by atoms with Gasteiger partial charge in [-0.2, -0.15) is 4.31 Å². The number of benzene rings is 2. The van der Waals surface area contributed by atoms with Crippen LogP contribution in [0.25, 0.3) is 11.1 Å². The first-order valence-corrected chi connectivity index (χ1v) is 15.5. The molecular weight excluding hydrogens is 546 g/mol. The highest BCUT2D eigenvalue weighted by atomic mass is 35.5. The van der Waals surface area contributed by atoms with Gasteiger partial charge >= 0.3 is 6.09 Å². The van der Waals surface area contributed by atoms with Crippen molar-refractivity contribution in [3.63, 3.8) is 0 Å². The minimum absolute atomic E-state index is 0.123. The number of pyridine rings is 1. The predicted octanol–water partition coefficient (Wildman–Crippen LogP) is 7.28. The van der Waals surface area contributed by atoms with Gasteiger partial charge in [0.15, 0.2) is 0 Å². The van der Waals surface area contributed by atoms with Gasteiger partial charge < -0.3 is 9.64 Å². The summed E-state index contributed by atoms with van der Waals surface area (Å²) >= 11 is 6.30. The van der Waals surface area contributed by atoms with E-state index in [0.29, 0.717) is 10.6 Å². The Kier molecular flexibility index (Phi) is 10.4. The van der Waals surface area contributed by atoms with Crippen molar-refractivity contribution >= 4 is 27.7 Å². The number of aromatic nitrogens is 1. The van der Waals surface area contributed by atoms with Gasteiger partial charge in [0.1, 0.15) is 5.60 Å². The van der Waals surface area contributed by atoms with E-state index in [1.807, 2.05) is 71.1 Å². The Bertz CT molecular complexity index is 1440. The van der Waals surface area contributed by atoms with Gasteiger partial charge in [0, 0.05) is 37.1 Å². The van der Waals surface area contributed by atoms with E-state index in [1.165, 1.54) is 4.31 Å². The Hall–Kier alpha value is -2.94. The Balaban J connectivity index is 0.00000216. The molecule has 0 bridgehead atoms. The number of piperazine rings is 1. The van der Waals surface area contributed by atoms with Gasteiger partial charge in [0.25, 0.3) is 0 Å². The van der Waals surface area contributed by atoms with Gasteiger partial charge in [-0.25, -0.2) is 13.2 Å². The van der Waals surface area contributed by atoms with Crippen molar-refractivity contribution < 1.29 is 17.9 Å². The monoisotopic (exact) mass is 585 g/mol. The molecule has 4 rings (SSSR count). The molecule has 7 nitrogen and oxygen atoms in total. The summed E-state index contributed by atoms with van der Waals surface area (Å²) in [5, 5.41) is 0.391. The molecule has 3 aromatic rings. The molecule has 1 aromatic heterocycles. The van der Waals surface area contributed by atoms with E-state index in [0.717, 1.165) is 28.7 Å². The molecule has 0 spiro atoms. The number of ether oxygens (including phenoxy) is 1. The maximum Gasteiger partial charge on any atom is 0.410 e. The summed E-state index contributed by atoms with van der Waals surface area (Å²) < 4.78 is 35.2. The maximum absolute atomic E-state index is 14.0. The van der Waals surface area contributed by atoms with Crippen LogP contribution in [0.3, 0.4) is 0 Å². The maximum atomic E-state index is 14.0. The lowest BCUT2D eigenvalue weighted by molar-refractivity contribution is 0.0131. The van der Waals surface area contributed by atoms with Crippen LogP contribution in [0.2, 0.25) is 5.02 Å². The number of halogens is 1. The van der Waals surface area contributed by atoms with Crippen LogP contribution in [0.15, 0.2) is 65.8 Å². The van der Waals surface area contributed by atoms with E-state index in [4.69, 9.17) is 16.3 Å². The zero-order chi connectivity index (χ0) is 29.7. The average molecular weight is 586 g/mol. The van der Waals surface area contributed by atoms with E-state index in [-0.39, 0.29) is 24.5 Å². The second kappa shape index (κ2) is 13.1. The van der Waals surface area contributed by atoms with E-state index in [1.54, 1.807) is 36.2 Å². The van der Waals surface area contributed by atoms with Gasteiger partial charge in [-0.1, -0.05) is 56.6 Å². The molecule has 0 aliphatic carbocycles. The predicted molar refractivity (Wildman–Crippen MR) is 161 cm³/mol. The number of carbonyl (C=O) groups is 1. The molecular formula is C31H40ClN3O4S. The smallest absolute Gasteiger partial charge is 0.410 e. The molecule has 1 aliphatic heterocycles. The lowest BCUT2D eigenvalue weighted by atomic mass is 9.95. The van der Waals surface area contributed by atoms with Crippen molar-refractivity contribution in [3.8, 4) is 11.1 Å². The summed E-state index contributed by atoms with van der Waals surface area (Å²) in [6, 6.07) is 14.1. The standard InChI is InChI=1S/C29H34ClN3O4S.C2H6/c1-6-21-18-31-14-13-24(21)22-9-7-10-23(17-22)26-19-32(28(34)37-29(3,4)5)15-16-33(26)38(35,36)27-12-8-11-25(30)20(27)2;1-2/h7-14,17-18,26H,6,15-16,19H2,1-5H3;1-2H3. The molecule has 1 unspecified atom stereocenters. The highest BCUT2D eigenvalue weighted by Crippen LogP contribution is 2.36. The first kappa shape index (κ1) is 31.6. The quantitative estimate of drug-likeness (QED) is 0.314. The van der Waals surface area contributed by atoms with Crippen LogP contribution in [-0.4, -0.2) is 53.9 Å². The number of amides is 1. The topological polar surface area (TPSA) is 79.8 Å². The van der Waals surface area contributed by atoms with Crippen LogP contribution in [0.1, 0.15) is 64.3 Å². The van der Waals surface area contributed by atoms with Gasteiger partial charge in [0.2, 0.25) is 10.0 Å². The number of rotatable bonds is 5. The highest BCUT2D eigenvalue weighted by molar-refractivity contribution is 7.89. The van der Waals surface area contributed by atoms with Gasteiger partial charge in [-0.15, -0.1) is 0 Å². The summed E-state index contributed by atoms with van der Waals surface area (Å²) in [6.45, 7) is 13.7. The van der Waals surface area contributed by atoms with Crippen molar-refractivity contribution in [1.82, 2.24) is 14.2 Å². The van der Waals surface area contributed by atoms with Crippen LogP contribution in [0, 0.1) is 6.92 Å². The molecule has 2 heterocycles. The number of sulfonamides is 1. The van der Waals surface area contributed by atoms with Gasteiger partial charge in [-0.3, -0.25) is 4.98 Å². The molecule has 1 amide bonds. The number of hydrogen-bond donors (Lipinski definition) is 0. The molecule has 0 N–H and O–H groups in total. The molecule has 0 saturated carbocycles. The Morgan fingerprint density at radius 1 is 1.10 bits per heavy atom. The van der Waals surface area contributed by atoms with Crippen LogP contribution in [0.5, 0.6) is 0 Å². The molecule has 1 fully saturated rings. The third-order valence-electron chi connectivity index (χ3n) is 6.65. The van der Waals surface area contributed by atoms with Crippen molar-refractivity contribution in [2.24, 2.45) is 0 Å². The largest absolute Gasteiger partial charge is 0.444 e. The number of aryl methyl sites for hydroxylation is 1. The molecule has 0 radical (unpaired) electrons. The SMILES string of the molecule is CC.CCc1cnccc1-c1cccc(C2CN(C(=O)OC(C)(C)C)CCN2S(=O)(=O)c2cccc(Cl)c2C)c1. The first-order valence-electron chi connectivity index (χ1n) is 13.7. The summed E-state index contributed by atoms with van der Waals surface area (Å²) in [4.78, 5) is 19.0. The van der Waals surface area contributed by atoms with E-state index >= 15 is 0 Å². The minimum atomic E-state index is -3.93. The first-order chi connectivity index (χ1) is 18.9. The second-order valence-electron chi connectivity index (χ2n) is 10.4. The fourth-order valence-corrected chi connectivity index (χ4v) is 6.79. The third-order valence-corrected chi connectivity index (χ3v) is 9.12. The van der Waals surface area contributed by atoms with Crippen LogP contribution >= 0.6 is 11.6 Å². The van der Waals surface area contributed by atoms with E-state index in [2.05, 4.69) is 11.9 Å². The molecule has 2 aromatic carbocycles. The fourth-order valence-electron chi connectivity index (χ4n) is 4.72. The van der Waals surface area contributed by atoms with Crippen molar-refractivity contribution in [2.45, 2.75) is 71.4 Å². The minimum Gasteiger partial charge on any atom is -0.444 e. The summed E-state index contributed by atoms with van der Waals surface area (Å²) in [5.41, 5.74) is 3.74. The molecule has 216 valence electrons. The number of hydrogen-bond acceptors (Lipinski definition) is 5. The normalized spacial score (nSPS) is 16.2. The fraction of sp³-hybridized carbons (Fsp3) is 0.419. The lowest BCUT2D eigenvalue weighted by Crippen LogP contribution is -2.53. The van der Waals surface area contributed by atoms with E-state index in [9.17, 15) is 13.2 Å². The Morgan fingerprint density at radius 2 is 1.80 bits per heavy atom. The Labute approximate surface area is 244 Å². The summed E-state index contributed by atoms with van der Waals surface area (Å²) in [5.74, 6) is 0.